The van der Waals surface area contributed by atoms with Crippen LogP contribution in [0.25, 0.3) is 17.0 Å². The number of carbonyl (C=O) groups is 4. The van der Waals surface area contributed by atoms with Crippen molar-refractivity contribution >= 4 is 46.4 Å². The second-order valence-corrected chi connectivity index (χ2v) is 7.87. The first-order valence-corrected chi connectivity index (χ1v) is 10.7. The number of methoxy groups -OCH3 is 1. The highest BCUT2D eigenvalue weighted by molar-refractivity contribution is 6.39. The summed E-state index contributed by atoms with van der Waals surface area (Å²) >= 11 is 0. The molecule has 1 saturated heterocycles. The van der Waals surface area contributed by atoms with Gasteiger partial charge in [0.2, 0.25) is 5.91 Å². The number of imide groups is 2. The first kappa shape index (κ1) is 22.9. The fourth-order valence-corrected chi connectivity index (χ4v) is 3.77. The summed E-state index contributed by atoms with van der Waals surface area (Å²) in [5.41, 5.74) is 2.51. The third-order valence-electron chi connectivity index (χ3n) is 5.46. The van der Waals surface area contributed by atoms with Gasteiger partial charge >= 0.3 is 6.03 Å². The predicted octanol–water partition coefficient (Wildman–Crippen LogP) is 2.38. The molecule has 174 valence electrons. The molecule has 2 heterocycles. The maximum absolute atomic E-state index is 13.2. The smallest absolute Gasteiger partial charge is 0.335 e. The monoisotopic (exact) mass is 460 g/mol. The van der Waals surface area contributed by atoms with E-state index in [0.717, 1.165) is 21.4 Å². The number of para-hydroxylation sites is 1. The summed E-state index contributed by atoms with van der Waals surface area (Å²) in [5.74, 6) is -1.68. The quantitative estimate of drug-likeness (QED) is 0.320. The van der Waals surface area contributed by atoms with E-state index in [2.05, 4.69) is 10.6 Å². The number of aryl methyl sites for hydroxylation is 1. The summed E-state index contributed by atoms with van der Waals surface area (Å²) < 4.78 is 6.70. The van der Waals surface area contributed by atoms with Crippen LogP contribution in [-0.4, -0.2) is 48.6 Å². The predicted molar refractivity (Wildman–Crippen MR) is 127 cm³/mol. The molecule has 1 aliphatic rings. The van der Waals surface area contributed by atoms with Gasteiger partial charge < -0.3 is 14.6 Å². The molecule has 9 heteroatoms. The average Bonchev–Trinajstić information content (AvgIpc) is 3.15. The normalized spacial score (nSPS) is 15.2. The standard InChI is InChI=1S/C25H24N4O5/c1-16-7-9-18(10-8-16)29-24(32)20(23(31)27-25(29)33)13-17-14-28(15-22(30)26-11-12-34-2)21-6-4-3-5-19(17)21/h3-10,13-14H,11-12,15H2,1-2H3,(H,26,30)(H,27,31,33)/b20-13+. The Morgan fingerprint density at radius 3 is 2.56 bits per heavy atom. The Morgan fingerprint density at radius 2 is 1.82 bits per heavy atom. The number of urea groups is 1. The van der Waals surface area contributed by atoms with Gasteiger partial charge in [0.1, 0.15) is 12.1 Å². The molecule has 0 bridgehead atoms. The van der Waals surface area contributed by atoms with Gasteiger partial charge in [-0.25, -0.2) is 9.69 Å². The van der Waals surface area contributed by atoms with Gasteiger partial charge in [0.15, 0.2) is 0 Å². The summed E-state index contributed by atoms with van der Waals surface area (Å²) in [5, 5.41) is 5.77. The molecule has 1 aliphatic heterocycles. The Morgan fingerprint density at radius 1 is 1.09 bits per heavy atom. The number of fused-ring (bicyclic) bond motifs is 1. The Labute approximate surface area is 196 Å². The van der Waals surface area contributed by atoms with Crippen molar-refractivity contribution in [1.82, 2.24) is 15.2 Å². The molecule has 1 aromatic heterocycles. The van der Waals surface area contributed by atoms with Crippen LogP contribution in [0, 0.1) is 6.92 Å². The number of aromatic nitrogens is 1. The van der Waals surface area contributed by atoms with E-state index in [1.165, 1.54) is 6.08 Å². The molecule has 9 nitrogen and oxygen atoms in total. The fourth-order valence-electron chi connectivity index (χ4n) is 3.77. The highest BCUT2D eigenvalue weighted by Gasteiger charge is 2.37. The summed E-state index contributed by atoms with van der Waals surface area (Å²) in [4.78, 5) is 51.5. The summed E-state index contributed by atoms with van der Waals surface area (Å²) in [6.45, 7) is 2.75. The van der Waals surface area contributed by atoms with E-state index in [-0.39, 0.29) is 18.0 Å². The molecule has 4 rings (SSSR count). The lowest BCUT2D eigenvalue weighted by molar-refractivity contribution is -0.123. The Hall–Kier alpha value is -4.24. The van der Waals surface area contributed by atoms with Crippen molar-refractivity contribution in [1.29, 1.82) is 0 Å². The average molecular weight is 460 g/mol. The molecule has 0 unspecified atom stereocenters. The molecule has 2 aromatic carbocycles. The van der Waals surface area contributed by atoms with Gasteiger partial charge in [-0.1, -0.05) is 35.9 Å². The highest BCUT2D eigenvalue weighted by Crippen LogP contribution is 2.26. The molecule has 0 radical (unpaired) electrons. The van der Waals surface area contributed by atoms with E-state index in [1.54, 1.807) is 42.1 Å². The van der Waals surface area contributed by atoms with E-state index in [4.69, 9.17) is 4.74 Å². The van der Waals surface area contributed by atoms with Gasteiger partial charge in [0.05, 0.1) is 12.3 Å². The fraction of sp³-hybridized carbons (Fsp3) is 0.200. The van der Waals surface area contributed by atoms with Crippen LogP contribution in [0.3, 0.4) is 0 Å². The first-order chi connectivity index (χ1) is 16.4. The van der Waals surface area contributed by atoms with Gasteiger partial charge in [0, 0.05) is 36.3 Å². The van der Waals surface area contributed by atoms with Crippen molar-refractivity contribution in [3.05, 3.63) is 71.4 Å². The minimum Gasteiger partial charge on any atom is -0.383 e. The van der Waals surface area contributed by atoms with Gasteiger partial charge in [-0.15, -0.1) is 0 Å². The number of hydrogen-bond acceptors (Lipinski definition) is 5. The van der Waals surface area contributed by atoms with Gasteiger partial charge in [-0.3, -0.25) is 19.7 Å². The highest BCUT2D eigenvalue weighted by atomic mass is 16.5. The van der Waals surface area contributed by atoms with Gasteiger partial charge in [0.25, 0.3) is 11.8 Å². The van der Waals surface area contributed by atoms with E-state index in [0.29, 0.717) is 24.4 Å². The lowest BCUT2D eigenvalue weighted by atomic mass is 10.1. The summed E-state index contributed by atoms with van der Waals surface area (Å²) in [6.07, 6.45) is 3.16. The second-order valence-electron chi connectivity index (χ2n) is 7.87. The second kappa shape index (κ2) is 9.72. The lowest BCUT2D eigenvalue weighted by Gasteiger charge is -2.26. The largest absolute Gasteiger partial charge is 0.383 e. The minimum absolute atomic E-state index is 0.0571. The Bertz CT molecular complexity index is 1310. The van der Waals surface area contributed by atoms with Crippen LogP contribution in [0.2, 0.25) is 0 Å². The maximum atomic E-state index is 13.2. The molecule has 1 fully saturated rings. The van der Waals surface area contributed by atoms with Crippen LogP contribution in [0.4, 0.5) is 10.5 Å². The van der Waals surface area contributed by atoms with Crippen LogP contribution in [0.5, 0.6) is 0 Å². The summed E-state index contributed by atoms with van der Waals surface area (Å²) in [7, 11) is 1.56. The van der Waals surface area contributed by atoms with E-state index >= 15 is 0 Å². The van der Waals surface area contributed by atoms with Crippen LogP contribution >= 0.6 is 0 Å². The van der Waals surface area contributed by atoms with E-state index in [9.17, 15) is 19.2 Å². The third kappa shape index (κ3) is 4.60. The number of carbonyl (C=O) groups excluding carboxylic acids is 4. The minimum atomic E-state index is -0.800. The van der Waals surface area contributed by atoms with Crippen molar-refractivity contribution < 1.29 is 23.9 Å². The number of anilines is 1. The molecular weight excluding hydrogens is 436 g/mol. The number of amides is 5. The topological polar surface area (TPSA) is 110 Å². The van der Waals surface area contributed by atoms with Gasteiger partial charge in [-0.05, 0) is 31.2 Å². The van der Waals surface area contributed by atoms with Crippen LogP contribution in [0.1, 0.15) is 11.1 Å². The van der Waals surface area contributed by atoms with Crippen LogP contribution in [0.15, 0.2) is 60.3 Å². The van der Waals surface area contributed by atoms with Crippen molar-refractivity contribution in [3.63, 3.8) is 0 Å². The molecule has 3 aromatic rings. The Balaban J connectivity index is 1.69. The lowest BCUT2D eigenvalue weighted by Crippen LogP contribution is -2.54. The number of hydrogen-bond donors (Lipinski definition) is 2. The molecule has 0 spiro atoms. The molecule has 0 atom stereocenters. The van der Waals surface area contributed by atoms with Crippen molar-refractivity contribution in [2.24, 2.45) is 0 Å². The molecule has 0 aliphatic carbocycles. The van der Waals surface area contributed by atoms with E-state index in [1.807, 2.05) is 31.2 Å². The zero-order chi connectivity index (χ0) is 24.2. The number of benzene rings is 2. The molecule has 0 saturated carbocycles. The maximum Gasteiger partial charge on any atom is 0.335 e. The molecular formula is C25H24N4O5. The zero-order valence-electron chi connectivity index (χ0n) is 18.8. The van der Waals surface area contributed by atoms with Crippen molar-refractivity contribution in [3.8, 4) is 0 Å². The molecule has 5 amide bonds. The molecule has 2 N–H and O–H groups in total. The number of rotatable bonds is 7. The van der Waals surface area contributed by atoms with Crippen molar-refractivity contribution in [2.45, 2.75) is 13.5 Å². The SMILES string of the molecule is COCCNC(=O)Cn1cc(/C=C2\C(=O)NC(=O)N(c3ccc(C)cc3)C2=O)c2ccccc21. The van der Waals surface area contributed by atoms with Gasteiger partial charge in [-0.2, -0.15) is 0 Å². The Kier molecular flexibility index (Phi) is 6.55. The summed E-state index contributed by atoms with van der Waals surface area (Å²) in [6, 6.07) is 13.4. The van der Waals surface area contributed by atoms with Crippen molar-refractivity contribution in [2.75, 3.05) is 25.2 Å². The zero-order valence-corrected chi connectivity index (χ0v) is 18.8. The number of ether oxygens (including phenoxy) is 1. The third-order valence-corrected chi connectivity index (χ3v) is 5.46. The number of nitrogens with one attached hydrogen (secondary N) is 2. The number of barbiturate groups is 1. The van der Waals surface area contributed by atoms with Crippen LogP contribution < -0.4 is 15.5 Å². The first-order valence-electron chi connectivity index (χ1n) is 10.7. The van der Waals surface area contributed by atoms with E-state index < -0.39 is 17.8 Å². The number of nitrogens with zero attached hydrogens (tertiary/aromatic N) is 2. The van der Waals surface area contributed by atoms with Crippen LogP contribution in [-0.2, 0) is 25.7 Å². The molecule has 34 heavy (non-hydrogen) atoms.